The van der Waals surface area contributed by atoms with E-state index < -0.39 is 0 Å². The number of benzene rings is 14. The van der Waals surface area contributed by atoms with Crippen LogP contribution in [0.4, 0.5) is 0 Å². The number of nitrogens with zero attached hydrogens (tertiary/aromatic N) is 4. The summed E-state index contributed by atoms with van der Waals surface area (Å²) in [5.41, 5.74) is 15.7. The van der Waals surface area contributed by atoms with Crippen LogP contribution in [0.5, 0.6) is 11.5 Å². The van der Waals surface area contributed by atoms with Crippen LogP contribution < -0.4 is 9.47 Å². The predicted octanol–water partition coefficient (Wildman–Crippen LogP) is 20.4. The Balaban J connectivity index is 1.02. The van der Waals surface area contributed by atoms with Gasteiger partial charge in [0.2, 0.25) is 0 Å². The van der Waals surface area contributed by atoms with Gasteiger partial charge in [-0.25, -0.2) is 0 Å². The molecule has 0 spiro atoms. The highest BCUT2D eigenvalue weighted by Gasteiger charge is 2.27. The summed E-state index contributed by atoms with van der Waals surface area (Å²) in [5, 5.41) is 18.1. The molecule has 0 aliphatic rings. The van der Waals surface area contributed by atoms with Gasteiger partial charge in [0.15, 0.2) is 0 Å². The summed E-state index contributed by atoms with van der Waals surface area (Å²) in [5.74, 6) is 1.64. The van der Waals surface area contributed by atoms with Crippen molar-refractivity contribution in [1.29, 1.82) is 0 Å². The maximum absolute atomic E-state index is 6.80. The fraction of sp³-hybridized carbons (Fsp3) is 0.0256. The Morgan fingerprint density at radius 3 is 0.619 bits per heavy atom. The molecule has 0 atom stereocenters. The molecule has 18 aromatic rings. The van der Waals surface area contributed by atoms with Gasteiger partial charge >= 0.3 is 0 Å². The van der Waals surface area contributed by atoms with E-state index in [-0.39, 0.29) is 0 Å². The molecule has 0 radical (unpaired) electrons. The summed E-state index contributed by atoms with van der Waals surface area (Å²) in [4.78, 5) is 0. The van der Waals surface area contributed by atoms with E-state index in [1.807, 2.05) is 14.2 Å². The van der Waals surface area contributed by atoms with Gasteiger partial charge in [0.05, 0.1) is 58.4 Å². The lowest BCUT2D eigenvalue weighted by Gasteiger charge is -2.23. The highest BCUT2D eigenvalue weighted by atomic mass is 16.5. The van der Waals surface area contributed by atoms with Crippen molar-refractivity contribution in [3.8, 4) is 45.4 Å². The second-order valence-electron chi connectivity index (χ2n) is 22.2. The molecule has 0 saturated carbocycles. The van der Waals surface area contributed by atoms with Crippen LogP contribution in [0.15, 0.2) is 267 Å². The molecule has 0 unspecified atom stereocenters. The zero-order chi connectivity index (χ0) is 55.3. The molecule has 0 aliphatic heterocycles. The minimum atomic E-state index is 0.821. The lowest BCUT2D eigenvalue weighted by Crippen LogP contribution is -2.01. The van der Waals surface area contributed by atoms with E-state index in [4.69, 9.17) is 9.47 Å². The largest absolute Gasteiger partial charge is 0.495 e. The van der Waals surface area contributed by atoms with Crippen LogP contribution in [0, 0.1) is 0 Å². The molecular weight excluding hydrogens is 1020 g/mol. The number of methoxy groups -OCH3 is 2. The number of aromatic nitrogens is 4. The molecule has 0 saturated heterocycles. The predicted molar refractivity (Wildman–Crippen MR) is 352 cm³/mol. The average molecular weight is 1080 g/mol. The molecule has 6 heteroatoms. The Kier molecular flexibility index (Phi) is 9.83. The van der Waals surface area contributed by atoms with Crippen molar-refractivity contribution in [1.82, 2.24) is 18.3 Å². The lowest BCUT2D eigenvalue weighted by atomic mass is 9.84. The topological polar surface area (TPSA) is 38.2 Å². The van der Waals surface area contributed by atoms with Gasteiger partial charge in [-0.1, -0.05) is 158 Å². The van der Waals surface area contributed by atoms with Crippen molar-refractivity contribution in [2.24, 2.45) is 0 Å². The van der Waals surface area contributed by atoms with Crippen LogP contribution in [-0.2, 0) is 0 Å². The number of fused-ring (bicyclic) bond motifs is 16. The van der Waals surface area contributed by atoms with E-state index in [9.17, 15) is 0 Å². The Bertz CT molecular complexity index is 5280. The summed E-state index contributed by atoms with van der Waals surface area (Å²) >= 11 is 0. The molecule has 18 rings (SSSR count). The molecule has 6 nitrogen and oxygen atoms in total. The van der Waals surface area contributed by atoms with Crippen LogP contribution in [0.1, 0.15) is 0 Å². The molecule has 0 amide bonds. The van der Waals surface area contributed by atoms with Crippen molar-refractivity contribution < 1.29 is 9.47 Å². The van der Waals surface area contributed by atoms with Crippen LogP contribution in [0.3, 0.4) is 0 Å². The normalized spacial score (nSPS) is 12.2. The Labute approximate surface area is 482 Å². The summed E-state index contributed by atoms with van der Waals surface area (Å²) < 4.78 is 23.3. The molecule has 0 fully saturated rings. The third kappa shape index (κ3) is 6.39. The average Bonchev–Trinajstić information content (AvgIpc) is 1.14. The van der Waals surface area contributed by atoms with Crippen LogP contribution in [0.25, 0.3) is 164 Å². The standard InChI is InChI=1S/C78H50N4O2/c1-83-77-61-41-37-47(79-67-27-11-3-19-51(67)52-20-4-12-28-68(52)79)43-63(61)75(59-39-35-49(45-65(59)77)81-71-31-15-7-23-55(71)56-24-8-16-32-72(56)81)76-60-40-36-50(82-73-33-17-9-25-57(73)58-26-10-18-34-74(58)82)46-66(60)78(84-2)62-42-38-48(44-64(62)76)80-69-29-13-5-21-53(69)54-22-6-14-30-70(54)80/h3-46H,1-2H3. The summed E-state index contributed by atoms with van der Waals surface area (Å²) in [6, 6.07) is 98.0. The van der Waals surface area contributed by atoms with Crippen molar-refractivity contribution in [2.75, 3.05) is 14.2 Å². The van der Waals surface area contributed by atoms with Gasteiger partial charge < -0.3 is 27.7 Å². The molecule has 0 aliphatic carbocycles. The minimum Gasteiger partial charge on any atom is -0.495 e. The van der Waals surface area contributed by atoms with E-state index in [0.717, 1.165) is 133 Å². The first-order valence-electron chi connectivity index (χ1n) is 28.7. The maximum atomic E-state index is 6.80. The summed E-state index contributed by atoms with van der Waals surface area (Å²) in [6.07, 6.45) is 0. The van der Waals surface area contributed by atoms with Gasteiger partial charge in [0.1, 0.15) is 11.5 Å². The van der Waals surface area contributed by atoms with Gasteiger partial charge in [0.25, 0.3) is 0 Å². The third-order valence-electron chi connectivity index (χ3n) is 18.1. The van der Waals surface area contributed by atoms with E-state index in [2.05, 4.69) is 285 Å². The number of ether oxygens (including phenoxy) is 2. The van der Waals surface area contributed by atoms with E-state index in [0.29, 0.717) is 0 Å². The van der Waals surface area contributed by atoms with Crippen molar-refractivity contribution >= 4 is 130 Å². The highest BCUT2D eigenvalue weighted by Crippen LogP contribution is 2.52. The van der Waals surface area contributed by atoms with Gasteiger partial charge in [-0.05, 0) is 142 Å². The number of para-hydroxylation sites is 8. The molecule has 14 aromatic carbocycles. The van der Waals surface area contributed by atoms with Crippen LogP contribution >= 0.6 is 0 Å². The second kappa shape index (κ2) is 17.7. The Hall–Kier alpha value is -11.1. The van der Waals surface area contributed by atoms with E-state index >= 15 is 0 Å². The van der Waals surface area contributed by atoms with Gasteiger partial charge in [-0.2, -0.15) is 0 Å². The molecule has 0 N–H and O–H groups in total. The molecule has 394 valence electrons. The van der Waals surface area contributed by atoms with E-state index in [1.54, 1.807) is 0 Å². The zero-order valence-electron chi connectivity index (χ0n) is 46.0. The fourth-order valence-electron chi connectivity index (χ4n) is 14.7. The molecule has 4 heterocycles. The lowest BCUT2D eigenvalue weighted by molar-refractivity contribution is 0.424. The van der Waals surface area contributed by atoms with Crippen molar-refractivity contribution in [2.45, 2.75) is 0 Å². The van der Waals surface area contributed by atoms with Gasteiger partial charge in [0, 0.05) is 87.4 Å². The molecule has 0 bridgehead atoms. The molecular formula is C78H50N4O2. The maximum Gasteiger partial charge on any atom is 0.134 e. The SMILES string of the molecule is COc1c2cc(-n3c4ccccc4c4ccccc43)ccc2c(-c2c3ccc(-n4c5ccccc5c5ccccc54)cc3c(OC)c3ccc(-n4c5ccccc5c5ccccc54)cc23)c2cc(-n3c4ccccc4c4ccccc43)ccc12. The zero-order valence-corrected chi connectivity index (χ0v) is 46.0. The molecule has 84 heavy (non-hydrogen) atoms. The Morgan fingerprint density at radius 1 is 0.190 bits per heavy atom. The van der Waals surface area contributed by atoms with Crippen molar-refractivity contribution in [3.63, 3.8) is 0 Å². The number of rotatable bonds is 7. The summed E-state index contributed by atoms with van der Waals surface area (Å²) in [6.45, 7) is 0. The number of hydrogen-bond donors (Lipinski definition) is 0. The van der Waals surface area contributed by atoms with Crippen LogP contribution in [0.2, 0.25) is 0 Å². The third-order valence-corrected chi connectivity index (χ3v) is 18.1. The number of hydrogen-bond acceptors (Lipinski definition) is 2. The first kappa shape index (κ1) is 46.6. The van der Waals surface area contributed by atoms with Gasteiger partial charge in [-0.3, -0.25) is 0 Å². The van der Waals surface area contributed by atoms with Gasteiger partial charge in [-0.15, -0.1) is 0 Å². The fourth-order valence-corrected chi connectivity index (χ4v) is 14.7. The quantitative estimate of drug-likeness (QED) is 0.149. The minimum absolute atomic E-state index is 0.821. The van der Waals surface area contributed by atoms with E-state index in [1.165, 1.54) is 43.1 Å². The first-order valence-corrected chi connectivity index (χ1v) is 28.7. The smallest absolute Gasteiger partial charge is 0.134 e. The second-order valence-corrected chi connectivity index (χ2v) is 22.2. The Morgan fingerprint density at radius 2 is 0.393 bits per heavy atom. The molecule has 4 aromatic heterocycles. The first-order chi connectivity index (χ1) is 41.6. The monoisotopic (exact) mass is 1070 g/mol. The summed E-state index contributed by atoms with van der Waals surface area (Å²) in [7, 11) is 3.66. The highest BCUT2D eigenvalue weighted by molar-refractivity contribution is 6.28. The van der Waals surface area contributed by atoms with Crippen molar-refractivity contribution in [3.05, 3.63) is 267 Å². The van der Waals surface area contributed by atoms with Crippen LogP contribution in [-0.4, -0.2) is 32.5 Å².